The third-order valence-electron chi connectivity index (χ3n) is 28.3. The second kappa shape index (κ2) is 64.9. The maximum atomic E-state index is 14.1. The van der Waals surface area contributed by atoms with E-state index < -0.39 is 104 Å². The van der Waals surface area contributed by atoms with Gasteiger partial charge < -0.3 is 155 Å². The van der Waals surface area contributed by atoms with Gasteiger partial charge in [-0.1, -0.05) is 65.5 Å². The number of allylic oxidation sites excluding steroid dienone is 1. The SMILES string of the molecule is CC(C)CCCC(C)C1CCC2C3CC=C4CC(OC(=O)NCCCOCCOCCOCCNC(=O)CCCCC(=O)NC(COCCC(=O)NCCCNCCCCCOC5OC(C)C(O)C(O)C5O)(COCCC(=O)NCCCNC(=O)CCCCOC5OC(C)C(O)C(O)C5O)COCCC(=O)NCCCNC(=O)CCCCOC5OC(C)C(O)C(O)C5O)CCC4(C)C3CCC12C. The molecule has 7 aliphatic rings. The summed E-state index contributed by atoms with van der Waals surface area (Å²) < 4.78 is 74.7. The summed E-state index contributed by atoms with van der Waals surface area (Å²) in [5.41, 5.74) is 0.705. The topological polar surface area (TPSA) is 547 Å². The number of hydrogen-bond donors (Lipinski definition) is 18. The number of rotatable bonds is 71. The number of hydrogen-bond acceptors (Lipinski definition) is 31. The number of aliphatic hydroxyl groups is 9. The molecule has 3 heterocycles. The van der Waals surface area contributed by atoms with Gasteiger partial charge in [-0.15, -0.1) is 0 Å². The number of alkyl carbamates (subject to hydrolysis) is 1. The predicted molar refractivity (Wildman–Crippen MR) is 505 cm³/mol. The molecule has 23 atom stereocenters. The van der Waals surface area contributed by atoms with E-state index >= 15 is 0 Å². The van der Waals surface area contributed by atoms with E-state index in [9.17, 15) is 84.3 Å². The Bertz CT molecular complexity index is 3390. The summed E-state index contributed by atoms with van der Waals surface area (Å²) in [4.78, 5) is 105. The molecule has 0 aromatic heterocycles. The van der Waals surface area contributed by atoms with Crippen LogP contribution in [-0.2, 0) is 95.1 Å². The van der Waals surface area contributed by atoms with Gasteiger partial charge in [0, 0.05) is 124 Å². The van der Waals surface area contributed by atoms with Crippen molar-refractivity contribution in [2.75, 3.05) is 158 Å². The number of carbonyl (C=O) groups is 8. The van der Waals surface area contributed by atoms with Crippen molar-refractivity contribution in [2.24, 2.45) is 46.3 Å². The van der Waals surface area contributed by atoms with Crippen LogP contribution in [0.15, 0.2) is 11.6 Å². The second-order valence-electron chi connectivity index (χ2n) is 39.7. The molecule has 792 valence electrons. The molecule has 3 aliphatic heterocycles. The Balaban J connectivity index is 0.795. The highest BCUT2D eigenvalue weighted by Gasteiger charge is 2.60. The number of carbonyl (C=O) groups excluding carboxylic acids is 8. The predicted octanol–water partition coefficient (Wildman–Crippen LogP) is 3.70. The molecule has 0 aromatic carbocycles. The lowest BCUT2D eigenvalue weighted by Crippen LogP contribution is -2.58. The van der Waals surface area contributed by atoms with Crippen LogP contribution < -0.4 is 47.9 Å². The van der Waals surface area contributed by atoms with Crippen LogP contribution in [0.1, 0.15) is 254 Å². The Morgan fingerprint density at radius 3 is 1.28 bits per heavy atom. The fraction of sp³-hybridized carbons (Fsp3) is 0.898. The van der Waals surface area contributed by atoms with Gasteiger partial charge in [0.2, 0.25) is 41.4 Å². The lowest BCUT2D eigenvalue weighted by molar-refractivity contribution is -0.293. The zero-order valence-electron chi connectivity index (χ0n) is 83.3. The van der Waals surface area contributed by atoms with E-state index in [-0.39, 0.29) is 190 Å². The fourth-order valence-electron chi connectivity index (χ4n) is 20.1. The van der Waals surface area contributed by atoms with Crippen molar-refractivity contribution in [3.63, 3.8) is 0 Å². The van der Waals surface area contributed by atoms with Crippen LogP contribution in [0.25, 0.3) is 0 Å². The van der Waals surface area contributed by atoms with Gasteiger partial charge >= 0.3 is 6.09 Å². The van der Waals surface area contributed by atoms with Gasteiger partial charge in [-0.25, -0.2) is 4.79 Å². The molecular weight excluding hydrogens is 1780 g/mol. The number of fused-ring (bicyclic) bond motifs is 5. The lowest BCUT2D eigenvalue weighted by atomic mass is 9.47. The summed E-state index contributed by atoms with van der Waals surface area (Å²) in [5.74, 6) is 2.57. The van der Waals surface area contributed by atoms with Crippen LogP contribution in [0, 0.1) is 46.3 Å². The minimum atomic E-state index is -1.44. The standard InChI is InChI=1S/C98H175N9O30/c1-65(2)23-18-24-66(3)73-31-32-74-72-30-29-70-61-71(33-38-96(70,7)75(72)34-39-97(73,74)8)137-95(124)106-47-22-49-125-57-59-127-60-58-126-56-48-105-78(110)25-10-11-28-82(114)107-98(62-128-53-35-79(111)102-42-19-41-99-40-14-9-15-50-131-92-89(121)86(118)83(115)67(4)134-92,63-129-54-36-80(112)103-45-20-43-100-76(108)26-12-16-51-132-93-90(122)87(119)84(116)68(5)135-93)64-130-55-37-81(113)104-46-21-44-101-77(109)27-13-17-52-133-94-91(123)88(120)85(117)69(6)136-94/h29,65-69,71-75,83-94,99,115-123H,9-28,30-64H2,1-8H3,(H,100,108)(H,101,109)(H,102,111)(H,103,112)(H,104,113)(H,105,110)(H,106,124)(H,107,114). The summed E-state index contributed by atoms with van der Waals surface area (Å²) in [7, 11) is 0. The molecule has 18 N–H and O–H groups in total. The Hall–Kier alpha value is -5.58. The molecule has 39 nitrogen and oxygen atoms in total. The smallest absolute Gasteiger partial charge is 0.407 e. The molecule has 0 radical (unpaired) electrons. The number of amides is 8. The minimum Gasteiger partial charge on any atom is -0.446 e. The maximum absolute atomic E-state index is 14.1. The van der Waals surface area contributed by atoms with Gasteiger partial charge in [0.15, 0.2) is 18.9 Å². The first-order valence-corrected chi connectivity index (χ1v) is 51.4. The number of unbranched alkanes of at least 4 members (excludes halogenated alkanes) is 5. The summed E-state index contributed by atoms with van der Waals surface area (Å²) in [6.45, 7) is 22.1. The molecule has 8 amide bonds. The van der Waals surface area contributed by atoms with Crippen LogP contribution in [0.4, 0.5) is 4.79 Å². The first-order valence-electron chi connectivity index (χ1n) is 51.4. The van der Waals surface area contributed by atoms with Gasteiger partial charge in [-0.2, -0.15) is 0 Å². The van der Waals surface area contributed by atoms with E-state index in [0.29, 0.717) is 148 Å². The quantitative estimate of drug-likeness (QED) is 0.0305. The highest BCUT2D eigenvalue weighted by Crippen LogP contribution is 2.67. The third-order valence-corrected chi connectivity index (χ3v) is 28.3. The van der Waals surface area contributed by atoms with E-state index in [4.69, 9.17) is 61.6 Å². The van der Waals surface area contributed by atoms with E-state index in [2.05, 4.69) is 88.5 Å². The second-order valence-corrected chi connectivity index (χ2v) is 39.7. The highest BCUT2D eigenvalue weighted by atomic mass is 16.7. The average Bonchev–Trinajstić information content (AvgIpc) is 1.59. The highest BCUT2D eigenvalue weighted by molar-refractivity contribution is 5.79. The Morgan fingerprint density at radius 1 is 0.387 bits per heavy atom. The van der Waals surface area contributed by atoms with E-state index in [1.807, 2.05) is 0 Å². The minimum absolute atomic E-state index is 0.0278. The molecule has 3 saturated carbocycles. The summed E-state index contributed by atoms with van der Waals surface area (Å²) in [5, 5.41) is 117. The normalized spacial score (nSPS) is 29.2. The van der Waals surface area contributed by atoms with Crippen molar-refractivity contribution in [2.45, 2.75) is 358 Å². The molecule has 3 saturated heterocycles. The molecule has 0 aromatic rings. The van der Waals surface area contributed by atoms with Crippen molar-refractivity contribution in [3.8, 4) is 0 Å². The van der Waals surface area contributed by atoms with Crippen LogP contribution in [0.5, 0.6) is 0 Å². The van der Waals surface area contributed by atoms with Gasteiger partial charge in [-0.05, 0) is 209 Å². The first-order chi connectivity index (χ1) is 65.8. The molecule has 0 bridgehead atoms. The first kappa shape index (κ1) is 118. The maximum Gasteiger partial charge on any atom is 0.407 e. The summed E-state index contributed by atoms with van der Waals surface area (Å²) in [6.07, 6.45) is 4.99. The molecule has 7 rings (SSSR count). The zero-order valence-corrected chi connectivity index (χ0v) is 83.3. The zero-order chi connectivity index (χ0) is 99.6. The van der Waals surface area contributed by atoms with Crippen molar-refractivity contribution in [1.82, 2.24) is 47.9 Å². The van der Waals surface area contributed by atoms with Crippen LogP contribution in [-0.4, -0.2) is 355 Å². The Morgan fingerprint density at radius 2 is 0.803 bits per heavy atom. The van der Waals surface area contributed by atoms with Crippen molar-refractivity contribution < 1.29 is 146 Å². The summed E-state index contributed by atoms with van der Waals surface area (Å²) in [6, 6.07) is 0. The molecule has 23 unspecified atom stereocenters. The number of nitrogens with one attached hydrogen (secondary N) is 9. The van der Waals surface area contributed by atoms with E-state index in [0.717, 1.165) is 68.1 Å². The number of ether oxygens (including phenoxy) is 13. The number of aliphatic hydroxyl groups excluding tert-OH is 9. The molecule has 137 heavy (non-hydrogen) atoms. The van der Waals surface area contributed by atoms with E-state index in [1.54, 1.807) is 20.8 Å². The van der Waals surface area contributed by atoms with Crippen LogP contribution >= 0.6 is 0 Å². The van der Waals surface area contributed by atoms with E-state index in [1.165, 1.54) is 50.5 Å². The van der Waals surface area contributed by atoms with Gasteiger partial charge in [-0.3, -0.25) is 33.6 Å². The van der Waals surface area contributed by atoms with Crippen molar-refractivity contribution in [3.05, 3.63) is 11.6 Å². The lowest BCUT2D eigenvalue weighted by Gasteiger charge is -2.58. The Kier molecular flexibility index (Phi) is 56.1. The largest absolute Gasteiger partial charge is 0.446 e. The van der Waals surface area contributed by atoms with Gasteiger partial charge in [0.1, 0.15) is 66.6 Å². The molecule has 0 spiro atoms. The Labute approximate surface area is 811 Å². The van der Waals surface area contributed by atoms with Crippen molar-refractivity contribution >= 4 is 47.4 Å². The summed E-state index contributed by atoms with van der Waals surface area (Å²) >= 11 is 0. The van der Waals surface area contributed by atoms with Crippen LogP contribution in [0.3, 0.4) is 0 Å². The van der Waals surface area contributed by atoms with Gasteiger partial charge in [0.05, 0.1) is 91.0 Å². The monoisotopic (exact) mass is 1960 g/mol. The fourth-order valence-corrected chi connectivity index (χ4v) is 20.1. The van der Waals surface area contributed by atoms with Crippen LogP contribution in [0.2, 0.25) is 0 Å². The third kappa shape index (κ3) is 42.3. The average molecular weight is 1960 g/mol. The van der Waals surface area contributed by atoms with Crippen molar-refractivity contribution in [1.29, 1.82) is 0 Å². The molecule has 39 heteroatoms. The molecule has 6 fully saturated rings. The molecular formula is C98H175N9O30. The van der Waals surface area contributed by atoms with Gasteiger partial charge in [0.25, 0.3) is 0 Å². The molecule has 4 aliphatic carbocycles.